The fourth-order valence-electron chi connectivity index (χ4n) is 1.59. The maximum Gasteiger partial charge on any atom is 0.365 e. The molecule has 2 amide bonds. The molecule has 1 heterocycles. The minimum absolute atomic E-state index is 0.0235. The number of aryl methyl sites for hydroxylation is 1. The molecule has 0 radical (unpaired) electrons. The molecule has 2 rings (SSSR count). The largest absolute Gasteiger partial charge is 0.467 e. The Morgan fingerprint density at radius 1 is 1.07 bits per heavy atom. The predicted molar refractivity (Wildman–Crippen MR) is 94.0 cm³/mol. The highest BCUT2D eigenvalue weighted by Gasteiger charge is 2.15. The Morgan fingerprint density at radius 2 is 1.70 bits per heavy atom. The summed E-state index contributed by atoms with van der Waals surface area (Å²) in [5.41, 5.74) is 0.588. The van der Waals surface area contributed by atoms with Crippen LogP contribution in [-0.4, -0.2) is 56.6 Å². The number of carbonyl (C=O) groups is 2. The molecule has 0 saturated carbocycles. The van der Waals surface area contributed by atoms with Crippen molar-refractivity contribution in [3.8, 4) is 6.01 Å². The fourth-order valence-corrected chi connectivity index (χ4v) is 1.84. The first-order chi connectivity index (χ1) is 12.8. The molecule has 11 nitrogen and oxygen atoms in total. The number of anilines is 1. The number of carbonyl (C=O) groups excluding carboxylic acids is 2. The summed E-state index contributed by atoms with van der Waals surface area (Å²) in [7, 11) is 1.19. The number of methoxy groups -OCH3 is 2. The quantitative estimate of drug-likeness (QED) is 0.702. The average Bonchev–Trinajstić information content (AvgIpc) is 2.66. The summed E-state index contributed by atoms with van der Waals surface area (Å²) in [6, 6.07) is 7.89. The lowest BCUT2D eigenvalue weighted by Crippen LogP contribution is -2.25. The number of ether oxygens (including phenoxy) is 2. The summed E-state index contributed by atoms with van der Waals surface area (Å²) in [6.07, 6.45) is 0. The van der Waals surface area contributed by atoms with Crippen molar-refractivity contribution in [2.24, 2.45) is 4.36 Å². The molecule has 0 N–H and O–H groups in total. The Hall–Kier alpha value is -3.41. The van der Waals surface area contributed by atoms with Gasteiger partial charge in [-0.3, -0.25) is 4.90 Å². The third-order valence-electron chi connectivity index (χ3n) is 2.83. The van der Waals surface area contributed by atoms with Gasteiger partial charge in [0, 0.05) is 7.05 Å². The van der Waals surface area contributed by atoms with Gasteiger partial charge in [-0.25, -0.2) is 9.59 Å². The first-order valence-electron chi connectivity index (χ1n) is 7.27. The van der Waals surface area contributed by atoms with Crippen LogP contribution in [0.15, 0.2) is 34.7 Å². The topological polar surface area (TPSA) is 141 Å². The first-order valence-corrected chi connectivity index (χ1v) is 8.30. The standard InChI is InChI=1S/C8H8O2.C7H9N5O4S/c1-10-8(9)7-5-3-2-4-6-7;1-4-8-5(10-6(9-4)16-3)12(2)7(13)11-17(14)15/h2-6H,1H3;1-3H3. The summed E-state index contributed by atoms with van der Waals surface area (Å²) in [6.45, 7) is 1.58. The molecule has 0 bridgehead atoms. The molecule has 27 heavy (non-hydrogen) atoms. The van der Waals surface area contributed by atoms with E-state index in [9.17, 15) is 18.0 Å². The fraction of sp³-hybridized carbons (Fsp3) is 0.267. The zero-order valence-corrected chi connectivity index (χ0v) is 15.8. The molecule has 1 aromatic carbocycles. The average molecular weight is 395 g/mol. The van der Waals surface area contributed by atoms with Crippen molar-refractivity contribution in [3.63, 3.8) is 0 Å². The molecule has 0 spiro atoms. The van der Waals surface area contributed by atoms with Crippen molar-refractivity contribution in [2.75, 3.05) is 26.2 Å². The molecule has 0 saturated heterocycles. The summed E-state index contributed by atoms with van der Waals surface area (Å²) in [4.78, 5) is 34.4. The zero-order chi connectivity index (χ0) is 20.4. The van der Waals surface area contributed by atoms with E-state index >= 15 is 0 Å². The molecule has 144 valence electrons. The van der Waals surface area contributed by atoms with Crippen molar-refractivity contribution in [1.82, 2.24) is 15.0 Å². The Kier molecular flexibility index (Phi) is 8.45. The highest BCUT2D eigenvalue weighted by Crippen LogP contribution is 2.11. The summed E-state index contributed by atoms with van der Waals surface area (Å²) in [5.74, 6) is -0.0103. The van der Waals surface area contributed by atoms with Crippen molar-refractivity contribution in [1.29, 1.82) is 0 Å². The molecular formula is C15H17N5O6S. The van der Waals surface area contributed by atoms with E-state index in [2.05, 4.69) is 24.1 Å². The van der Waals surface area contributed by atoms with Gasteiger partial charge >= 0.3 is 28.5 Å². The molecule has 2 aromatic rings. The first kappa shape index (κ1) is 21.6. The zero-order valence-electron chi connectivity index (χ0n) is 15.0. The Labute approximate surface area is 156 Å². The second-order valence-corrected chi connectivity index (χ2v) is 5.29. The van der Waals surface area contributed by atoms with Gasteiger partial charge < -0.3 is 9.47 Å². The van der Waals surface area contributed by atoms with Crippen LogP contribution in [0, 0.1) is 6.92 Å². The molecule has 12 heteroatoms. The number of hydrogen-bond acceptors (Lipinski definition) is 9. The van der Waals surface area contributed by atoms with Crippen LogP contribution in [0.4, 0.5) is 10.7 Å². The maximum absolute atomic E-state index is 11.3. The van der Waals surface area contributed by atoms with E-state index in [-0.39, 0.29) is 17.9 Å². The van der Waals surface area contributed by atoms with Crippen LogP contribution in [0.2, 0.25) is 0 Å². The molecular weight excluding hydrogens is 378 g/mol. The molecule has 0 unspecified atom stereocenters. The maximum atomic E-state index is 11.3. The Morgan fingerprint density at radius 3 is 2.22 bits per heavy atom. The van der Waals surface area contributed by atoms with Crippen molar-refractivity contribution >= 4 is 28.4 Å². The highest BCUT2D eigenvalue weighted by molar-refractivity contribution is 7.62. The number of esters is 1. The van der Waals surface area contributed by atoms with E-state index in [1.54, 1.807) is 31.2 Å². The second-order valence-electron chi connectivity index (χ2n) is 4.68. The third kappa shape index (κ3) is 7.15. The predicted octanol–water partition coefficient (Wildman–Crippen LogP) is 1.28. The molecule has 0 aliphatic rings. The molecule has 0 fully saturated rings. The van der Waals surface area contributed by atoms with E-state index in [1.165, 1.54) is 21.3 Å². The molecule has 1 aromatic heterocycles. The van der Waals surface area contributed by atoms with Gasteiger partial charge in [0.25, 0.3) is 0 Å². The minimum Gasteiger partial charge on any atom is -0.467 e. The van der Waals surface area contributed by atoms with Gasteiger partial charge in [-0.05, 0) is 19.1 Å². The van der Waals surface area contributed by atoms with E-state index in [0.29, 0.717) is 11.4 Å². The van der Waals surface area contributed by atoms with Crippen LogP contribution in [0.1, 0.15) is 16.2 Å². The SMILES string of the molecule is COC(=O)c1ccccc1.COc1nc(C)nc(N(C)C(=O)N=S(=O)=O)n1. The van der Waals surface area contributed by atoms with Crippen molar-refractivity contribution < 1.29 is 27.5 Å². The number of amides is 2. The van der Waals surface area contributed by atoms with Crippen molar-refractivity contribution in [3.05, 3.63) is 41.7 Å². The number of nitrogens with zero attached hydrogens (tertiary/aromatic N) is 5. The minimum atomic E-state index is -2.82. The third-order valence-corrected chi connectivity index (χ3v) is 3.14. The van der Waals surface area contributed by atoms with Gasteiger partial charge in [-0.1, -0.05) is 22.6 Å². The van der Waals surface area contributed by atoms with E-state index in [1.807, 2.05) is 6.07 Å². The highest BCUT2D eigenvalue weighted by atomic mass is 32.2. The summed E-state index contributed by atoms with van der Waals surface area (Å²) >= 11 is 0. The monoisotopic (exact) mass is 395 g/mol. The van der Waals surface area contributed by atoms with Crippen LogP contribution in [0.3, 0.4) is 0 Å². The lowest BCUT2D eigenvalue weighted by molar-refractivity contribution is 0.0600. The van der Waals surface area contributed by atoms with E-state index < -0.39 is 16.5 Å². The van der Waals surface area contributed by atoms with E-state index in [0.717, 1.165) is 4.90 Å². The van der Waals surface area contributed by atoms with Gasteiger partial charge in [-0.15, -0.1) is 0 Å². The van der Waals surface area contributed by atoms with Crippen LogP contribution >= 0.6 is 0 Å². The van der Waals surface area contributed by atoms with Crippen LogP contribution < -0.4 is 9.64 Å². The van der Waals surface area contributed by atoms with Gasteiger partial charge in [-0.2, -0.15) is 23.4 Å². The van der Waals surface area contributed by atoms with Gasteiger partial charge in [0.1, 0.15) is 5.82 Å². The van der Waals surface area contributed by atoms with Crippen LogP contribution in [0.5, 0.6) is 6.01 Å². The lowest BCUT2D eigenvalue weighted by atomic mass is 10.2. The molecule has 0 atom stereocenters. The number of hydrogen-bond donors (Lipinski definition) is 0. The molecule has 0 aliphatic carbocycles. The summed E-state index contributed by atoms with van der Waals surface area (Å²) in [5, 5.41) is 0. The molecule has 0 aliphatic heterocycles. The number of aromatic nitrogens is 3. The normalized spacial score (nSPS) is 9.33. The Bertz CT molecular complexity index is 925. The number of rotatable bonds is 3. The second kappa shape index (κ2) is 10.6. The van der Waals surface area contributed by atoms with Crippen molar-refractivity contribution in [2.45, 2.75) is 6.92 Å². The smallest absolute Gasteiger partial charge is 0.365 e. The lowest BCUT2D eigenvalue weighted by Gasteiger charge is -2.11. The van der Waals surface area contributed by atoms with Gasteiger partial charge in [0.05, 0.1) is 19.8 Å². The number of urea groups is 1. The van der Waals surface area contributed by atoms with Gasteiger partial charge in [0.15, 0.2) is 0 Å². The van der Waals surface area contributed by atoms with E-state index in [4.69, 9.17) is 4.74 Å². The van der Waals surface area contributed by atoms with Crippen LogP contribution in [-0.2, 0) is 15.2 Å². The van der Waals surface area contributed by atoms with Gasteiger partial charge in [0.2, 0.25) is 5.95 Å². The van der Waals surface area contributed by atoms with Crippen LogP contribution in [0.25, 0.3) is 0 Å². The Balaban J connectivity index is 0.000000309. The summed E-state index contributed by atoms with van der Waals surface area (Å²) < 4.78 is 32.6. The number of benzene rings is 1.